The lowest BCUT2D eigenvalue weighted by molar-refractivity contribution is 0.723. The van der Waals surface area contributed by atoms with E-state index in [1.165, 1.54) is 0 Å². The molecule has 0 unspecified atom stereocenters. The minimum Gasteiger partial charge on any atom is -0.370 e. The first kappa shape index (κ1) is 13.8. The minimum absolute atomic E-state index is 0.308. The highest BCUT2D eigenvalue weighted by atomic mass is 32.2. The largest absolute Gasteiger partial charge is 0.370 e. The Balaban J connectivity index is 2.59. The van der Waals surface area contributed by atoms with Crippen molar-refractivity contribution in [2.45, 2.75) is 38.4 Å². The molecule has 1 rings (SSSR count). The second kappa shape index (κ2) is 7.17. The number of pyridine rings is 1. The monoisotopic (exact) mass is 252 g/mol. The van der Waals surface area contributed by atoms with Crippen molar-refractivity contribution in [2.75, 3.05) is 5.75 Å². The molecule has 5 heteroatoms. The number of nitrogens with zero attached hydrogens (tertiary/aromatic N) is 2. The first-order valence-corrected chi connectivity index (χ1v) is 6.74. The second-order valence-electron chi connectivity index (χ2n) is 3.94. The Morgan fingerprint density at radius 3 is 3.00 bits per heavy atom. The number of thioether (sulfide) groups is 1. The summed E-state index contributed by atoms with van der Waals surface area (Å²) in [5, 5.41) is 4.10. The number of hydrogen-bond donors (Lipinski definition) is 2. The summed E-state index contributed by atoms with van der Waals surface area (Å²) < 4.78 is 0. The van der Waals surface area contributed by atoms with E-state index in [0.29, 0.717) is 18.5 Å². The van der Waals surface area contributed by atoms with Crippen molar-refractivity contribution >= 4 is 17.7 Å². The molecule has 17 heavy (non-hydrogen) atoms. The molecule has 0 radical (unpaired) electrons. The van der Waals surface area contributed by atoms with E-state index < -0.39 is 0 Å². The number of guanidine groups is 1. The molecule has 0 atom stereocenters. The van der Waals surface area contributed by atoms with E-state index in [1.807, 2.05) is 26.1 Å². The topological polar surface area (TPSA) is 63.3 Å². The second-order valence-corrected chi connectivity index (χ2v) is 5.22. The number of aromatic nitrogens is 1. The Morgan fingerprint density at radius 2 is 2.35 bits per heavy atom. The summed E-state index contributed by atoms with van der Waals surface area (Å²) in [6.45, 7) is 6.77. The molecule has 4 nitrogen and oxygen atoms in total. The zero-order valence-corrected chi connectivity index (χ0v) is 11.4. The molecular weight excluding hydrogens is 232 g/mol. The van der Waals surface area contributed by atoms with Gasteiger partial charge < -0.3 is 11.1 Å². The predicted molar refractivity (Wildman–Crippen MR) is 74.2 cm³/mol. The zero-order chi connectivity index (χ0) is 12.7. The van der Waals surface area contributed by atoms with Crippen LogP contribution in [-0.4, -0.2) is 22.7 Å². The molecule has 1 heterocycles. The molecule has 0 aliphatic carbocycles. The number of rotatable bonds is 5. The van der Waals surface area contributed by atoms with E-state index >= 15 is 0 Å². The van der Waals surface area contributed by atoms with Crippen molar-refractivity contribution in [2.24, 2.45) is 10.7 Å². The predicted octanol–water partition coefficient (Wildman–Crippen LogP) is 2.01. The van der Waals surface area contributed by atoms with Crippen LogP contribution in [-0.2, 0) is 6.54 Å². The van der Waals surface area contributed by atoms with E-state index in [1.54, 1.807) is 11.8 Å². The SMILES string of the molecule is CCSc1cc(CN=C(N)NC(C)C)ccn1. The van der Waals surface area contributed by atoms with Crippen LogP contribution in [0.5, 0.6) is 0 Å². The first-order valence-electron chi connectivity index (χ1n) is 5.76. The van der Waals surface area contributed by atoms with Crippen LogP contribution >= 0.6 is 11.8 Å². The number of hydrogen-bond acceptors (Lipinski definition) is 3. The third-order valence-electron chi connectivity index (χ3n) is 1.96. The molecule has 1 aromatic rings. The van der Waals surface area contributed by atoms with Gasteiger partial charge >= 0.3 is 0 Å². The maximum Gasteiger partial charge on any atom is 0.189 e. The van der Waals surface area contributed by atoms with Crippen LogP contribution < -0.4 is 11.1 Å². The van der Waals surface area contributed by atoms with Gasteiger partial charge in [-0.25, -0.2) is 9.98 Å². The third kappa shape index (κ3) is 5.58. The normalized spacial score (nSPS) is 11.9. The fraction of sp³-hybridized carbons (Fsp3) is 0.500. The third-order valence-corrected chi connectivity index (χ3v) is 2.77. The van der Waals surface area contributed by atoms with Gasteiger partial charge in [0, 0.05) is 12.2 Å². The molecule has 0 aromatic carbocycles. The van der Waals surface area contributed by atoms with E-state index in [4.69, 9.17) is 5.73 Å². The van der Waals surface area contributed by atoms with E-state index in [2.05, 4.69) is 28.3 Å². The van der Waals surface area contributed by atoms with Crippen LogP contribution in [0.15, 0.2) is 28.3 Å². The molecule has 94 valence electrons. The zero-order valence-electron chi connectivity index (χ0n) is 10.6. The van der Waals surface area contributed by atoms with Crippen molar-refractivity contribution in [3.63, 3.8) is 0 Å². The van der Waals surface area contributed by atoms with Crippen LogP contribution in [0.4, 0.5) is 0 Å². The molecule has 0 saturated heterocycles. The summed E-state index contributed by atoms with van der Waals surface area (Å²) in [4.78, 5) is 8.55. The maximum absolute atomic E-state index is 5.74. The van der Waals surface area contributed by atoms with Gasteiger partial charge in [0.05, 0.1) is 11.6 Å². The summed E-state index contributed by atoms with van der Waals surface area (Å²) in [7, 11) is 0. The number of aliphatic imine (C=N–C) groups is 1. The van der Waals surface area contributed by atoms with Crippen LogP contribution in [0.3, 0.4) is 0 Å². The van der Waals surface area contributed by atoms with Crippen LogP contribution in [0, 0.1) is 0 Å². The Morgan fingerprint density at radius 1 is 1.59 bits per heavy atom. The standard InChI is InChI=1S/C12H20N4S/c1-4-17-11-7-10(5-6-14-11)8-15-12(13)16-9(2)3/h5-7,9H,4,8H2,1-3H3,(H3,13,15,16). The fourth-order valence-electron chi connectivity index (χ4n) is 1.29. The molecule has 0 aliphatic rings. The smallest absolute Gasteiger partial charge is 0.189 e. The summed E-state index contributed by atoms with van der Waals surface area (Å²) in [5.41, 5.74) is 6.87. The van der Waals surface area contributed by atoms with Gasteiger partial charge in [-0.05, 0) is 37.3 Å². The van der Waals surface area contributed by atoms with Gasteiger partial charge in [-0.3, -0.25) is 0 Å². The van der Waals surface area contributed by atoms with Gasteiger partial charge in [0.15, 0.2) is 5.96 Å². The van der Waals surface area contributed by atoms with Crippen molar-refractivity contribution in [1.29, 1.82) is 0 Å². The van der Waals surface area contributed by atoms with Gasteiger partial charge in [-0.2, -0.15) is 0 Å². The summed E-state index contributed by atoms with van der Waals surface area (Å²) in [6, 6.07) is 4.33. The quantitative estimate of drug-likeness (QED) is 0.478. The van der Waals surface area contributed by atoms with E-state index in [-0.39, 0.29) is 0 Å². The Kier molecular flexibility index (Phi) is 5.83. The van der Waals surface area contributed by atoms with Crippen molar-refractivity contribution in [3.8, 4) is 0 Å². The lowest BCUT2D eigenvalue weighted by Gasteiger charge is -2.08. The Bertz CT molecular complexity index is 377. The maximum atomic E-state index is 5.74. The van der Waals surface area contributed by atoms with Gasteiger partial charge in [0.1, 0.15) is 0 Å². The molecule has 1 aromatic heterocycles. The molecule has 0 aliphatic heterocycles. The fourth-order valence-corrected chi connectivity index (χ4v) is 1.96. The number of nitrogens with one attached hydrogen (secondary N) is 1. The average molecular weight is 252 g/mol. The summed E-state index contributed by atoms with van der Waals surface area (Å²) in [6.07, 6.45) is 1.81. The highest BCUT2D eigenvalue weighted by molar-refractivity contribution is 7.99. The molecule has 3 N–H and O–H groups in total. The van der Waals surface area contributed by atoms with Gasteiger partial charge in [0.25, 0.3) is 0 Å². The lowest BCUT2D eigenvalue weighted by atomic mass is 10.3. The summed E-state index contributed by atoms with van der Waals surface area (Å²) >= 11 is 1.73. The van der Waals surface area contributed by atoms with Crippen molar-refractivity contribution in [1.82, 2.24) is 10.3 Å². The van der Waals surface area contributed by atoms with E-state index in [9.17, 15) is 0 Å². The Labute approximate surface area is 107 Å². The van der Waals surface area contributed by atoms with Gasteiger partial charge in [0.2, 0.25) is 0 Å². The minimum atomic E-state index is 0.308. The molecule has 0 fully saturated rings. The van der Waals surface area contributed by atoms with Gasteiger partial charge in [-0.15, -0.1) is 11.8 Å². The molecule has 0 spiro atoms. The van der Waals surface area contributed by atoms with Gasteiger partial charge in [-0.1, -0.05) is 6.92 Å². The van der Waals surface area contributed by atoms with Crippen molar-refractivity contribution in [3.05, 3.63) is 23.9 Å². The van der Waals surface area contributed by atoms with Crippen LogP contribution in [0.25, 0.3) is 0 Å². The Hall–Kier alpha value is -1.23. The first-order chi connectivity index (χ1) is 8.11. The van der Waals surface area contributed by atoms with E-state index in [0.717, 1.165) is 16.3 Å². The summed E-state index contributed by atoms with van der Waals surface area (Å²) in [5.74, 6) is 1.51. The number of nitrogens with two attached hydrogens (primary N) is 1. The lowest BCUT2D eigenvalue weighted by Crippen LogP contribution is -2.36. The molecule has 0 bridgehead atoms. The highest BCUT2D eigenvalue weighted by Gasteiger charge is 1.98. The average Bonchev–Trinajstić information content (AvgIpc) is 2.26. The molecule has 0 amide bonds. The highest BCUT2D eigenvalue weighted by Crippen LogP contribution is 2.15. The van der Waals surface area contributed by atoms with Crippen LogP contribution in [0.2, 0.25) is 0 Å². The van der Waals surface area contributed by atoms with Crippen LogP contribution in [0.1, 0.15) is 26.3 Å². The van der Waals surface area contributed by atoms with Crippen molar-refractivity contribution < 1.29 is 0 Å². The molecule has 0 saturated carbocycles. The molecular formula is C12H20N4S.